The van der Waals surface area contributed by atoms with Crippen LogP contribution in [0.4, 0.5) is 10.1 Å². The number of aromatic nitrogens is 1. The Morgan fingerprint density at radius 3 is 3.31 bits per heavy atom. The van der Waals surface area contributed by atoms with E-state index in [0.29, 0.717) is 18.3 Å². The van der Waals surface area contributed by atoms with Crippen molar-refractivity contribution in [3.63, 3.8) is 0 Å². The maximum absolute atomic E-state index is 10.4. The second kappa shape index (κ2) is 5.19. The second-order valence-corrected chi connectivity index (χ2v) is 4.35. The number of nitrogens with one attached hydrogen (secondary N) is 2. The molecule has 0 aromatic carbocycles. The fourth-order valence-corrected chi connectivity index (χ4v) is 2.02. The lowest BCUT2D eigenvalue weighted by Crippen LogP contribution is -2.42. The van der Waals surface area contributed by atoms with Crippen LogP contribution in [0.15, 0.2) is 6.20 Å². The van der Waals surface area contributed by atoms with Crippen molar-refractivity contribution in [2.75, 3.05) is 31.6 Å². The van der Waals surface area contributed by atoms with Gasteiger partial charge in [0, 0.05) is 19.6 Å². The first-order valence-corrected chi connectivity index (χ1v) is 5.74. The third kappa shape index (κ3) is 2.87. The number of morpholine rings is 1. The predicted octanol–water partition coefficient (Wildman–Crippen LogP) is 0.452. The minimum absolute atomic E-state index is 0.0465. The zero-order chi connectivity index (χ0) is 11.4. The van der Waals surface area contributed by atoms with E-state index in [2.05, 4.69) is 15.6 Å². The molecule has 7 nitrogen and oxygen atoms in total. The highest BCUT2D eigenvalue weighted by Gasteiger charge is 2.15. The Morgan fingerprint density at radius 1 is 1.81 bits per heavy atom. The smallest absolute Gasteiger partial charge is 0.345 e. The van der Waals surface area contributed by atoms with Crippen molar-refractivity contribution in [1.29, 1.82) is 0 Å². The van der Waals surface area contributed by atoms with Crippen LogP contribution in [0, 0.1) is 10.1 Å². The molecule has 1 fully saturated rings. The van der Waals surface area contributed by atoms with Crippen LogP contribution in [-0.2, 0) is 4.74 Å². The summed E-state index contributed by atoms with van der Waals surface area (Å²) in [6.07, 6.45) is 1.35. The zero-order valence-corrected chi connectivity index (χ0v) is 9.33. The van der Waals surface area contributed by atoms with E-state index in [9.17, 15) is 10.1 Å². The number of rotatable bonds is 4. The number of nitro groups is 1. The summed E-state index contributed by atoms with van der Waals surface area (Å²) in [5, 5.41) is 17.3. The summed E-state index contributed by atoms with van der Waals surface area (Å²) in [5.74, 6) is 0. The van der Waals surface area contributed by atoms with Gasteiger partial charge in [0.2, 0.25) is 0 Å². The maximum atomic E-state index is 10.4. The molecule has 0 radical (unpaired) electrons. The summed E-state index contributed by atoms with van der Waals surface area (Å²) in [7, 11) is 0. The molecule has 1 atom stereocenters. The lowest BCUT2D eigenvalue weighted by atomic mass is 10.3. The second-order valence-electron chi connectivity index (χ2n) is 3.34. The SMILES string of the molecule is O=[N+]([O-])c1cnc(NCC2CNCCO2)s1. The van der Waals surface area contributed by atoms with Gasteiger partial charge in [0.05, 0.1) is 17.6 Å². The first-order chi connectivity index (χ1) is 7.75. The van der Waals surface area contributed by atoms with Gasteiger partial charge in [-0.1, -0.05) is 0 Å². The Labute approximate surface area is 96.0 Å². The first-order valence-electron chi connectivity index (χ1n) is 4.92. The van der Waals surface area contributed by atoms with E-state index in [1.807, 2.05) is 0 Å². The molecule has 1 aromatic heterocycles. The number of hydrogen-bond donors (Lipinski definition) is 2. The summed E-state index contributed by atoms with van der Waals surface area (Å²) in [5.41, 5.74) is 0. The van der Waals surface area contributed by atoms with Crippen LogP contribution < -0.4 is 10.6 Å². The Balaban J connectivity index is 1.81. The topological polar surface area (TPSA) is 89.3 Å². The van der Waals surface area contributed by atoms with Gasteiger partial charge >= 0.3 is 5.00 Å². The van der Waals surface area contributed by atoms with Crippen molar-refractivity contribution in [3.05, 3.63) is 16.3 Å². The molecule has 0 aliphatic carbocycles. The van der Waals surface area contributed by atoms with Crippen LogP contribution >= 0.6 is 11.3 Å². The van der Waals surface area contributed by atoms with Gasteiger partial charge in [0.25, 0.3) is 0 Å². The highest BCUT2D eigenvalue weighted by molar-refractivity contribution is 7.18. The molecule has 2 N–H and O–H groups in total. The summed E-state index contributed by atoms with van der Waals surface area (Å²) < 4.78 is 5.47. The van der Waals surface area contributed by atoms with E-state index in [1.165, 1.54) is 6.20 Å². The minimum Gasteiger partial charge on any atom is -0.374 e. The molecule has 1 unspecified atom stereocenters. The minimum atomic E-state index is -0.443. The van der Waals surface area contributed by atoms with Crippen LogP contribution in [0.2, 0.25) is 0 Å². The molecule has 0 saturated carbocycles. The molecule has 2 rings (SSSR count). The predicted molar refractivity (Wildman–Crippen MR) is 59.9 cm³/mol. The molecule has 0 spiro atoms. The molecule has 8 heteroatoms. The normalized spacial score (nSPS) is 20.6. The molecule has 1 aliphatic heterocycles. The Morgan fingerprint density at radius 2 is 2.69 bits per heavy atom. The third-order valence-corrected chi connectivity index (χ3v) is 3.07. The summed E-state index contributed by atoms with van der Waals surface area (Å²) in [6, 6.07) is 0. The van der Waals surface area contributed by atoms with Gasteiger partial charge in [-0.2, -0.15) is 0 Å². The van der Waals surface area contributed by atoms with Gasteiger partial charge in [0.15, 0.2) is 5.13 Å². The average Bonchev–Trinajstić information content (AvgIpc) is 2.76. The van der Waals surface area contributed by atoms with Gasteiger partial charge in [0.1, 0.15) is 6.20 Å². The molecular weight excluding hydrogens is 232 g/mol. The largest absolute Gasteiger partial charge is 0.374 e. The Hall–Kier alpha value is -1.25. The maximum Gasteiger partial charge on any atom is 0.345 e. The molecule has 88 valence electrons. The van der Waals surface area contributed by atoms with Crippen LogP contribution in [0.1, 0.15) is 0 Å². The van der Waals surface area contributed by atoms with Crippen molar-refractivity contribution in [2.24, 2.45) is 0 Å². The molecule has 1 aliphatic rings. The highest BCUT2D eigenvalue weighted by atomic mass is 32.1. The molecule has 16 heavy (non-hydrogen) atoms. The van der Waals surface area contributed by atoms with Crippen LogP contribution in [0.3, 0.4) is 0 Å². The van der Waals surface area contributed by atoms with E-state index in [0.717, 1.165) is 24.4 Å². The van der Waals surface area contributed by atoms with Gasteiger partial charge in [-0.05, 0) is 11.3 Å². The zero-order valence-electron chi connectivity index (χ0n) is 8.51. The van der Waals surface area contributed by atoms with Crippen molar-refractivity contribution in [1.82, 2.24) is 10.3 Å². The highest BCUT2D eigenvalue weighted by Crippen LogP contribution is 2.24. The van der Waals surface area contributed by atoms with Crippen molar-refractivity contribution in [3.8, 4) is 0 Å². The van der Waals surface area contributed by atoms with Gasteiger partial charge < -0.3 is 15.4 Å². The molecule has 0 bridgehead atoms. The quantitative estimate of drug-likeness (QED) is 0.590. The van der Waals surface area contributed by atoms with E-state index in [4.69, 9.17) is 4.74 Å². The lowest BCUT2D eigenvalue weighted by Gasteiger charge is -2.23. The fourth-order valence-electron chi connectivity index (χ4n) is 1.38. The molecule has 2 heterocycles. The van der Waals surface area contributed by atoms with Crippen LogP contribution in [0.25, 0.3) is 0 Å². The third-order valence-electron chi connectivity index (χ3n) is 2.16. The standard InChI is InChI=1S/C8H12N4O3S/c13-12(14)7-5-11-8(16-7)10-4-6-3-9-1-2-15-6/h5-6,9H,1-4H2,(H,10,11). The fraction of sp³-hybridized carbons (Fsp3) is 0.625. The van der Waals surface area contributed by atoms with E-state index in [-0.39, 0.29) is 11.1 Å². The van der Waals surface area contributed by atoms with Gasteiger partial charge in [-0.15, -0.1) is 0 Å². The van der Waals surface area contributed by atoms with Gasteiger partial charge in [-0.3, -0.25) is 10.1 Å². The number of ether oxygens (including phenoxy) is 1. The van der Waals surface area contributed by atoms with E-state index < -0.39 is 4.92 Å². The summed E-state index contributed by atoms with van der Waals surface area (Å²) in [4.78, 5) is 13.9. The van der Waals surface area contributed by atoms with Crippen LogP contribution in [-0.4, -0.2) is 42.3 Å². The Bertz CT molecular complexity index is 364. The van der Waals surface area contributed by atoms with Crippen molar-refractivity contribution < 1.29 is 9.66 Å². The van der Waals surface area contributed by atoms with Crippen LogP contribution in [0.5, 0.6) is 0 Å². The Kier molecular flexibility index (Phi) is 3.65. The number of nitrogens with zero attached hydrogens (tertiary/aromatic N) is 2. The van der Waals surface area contributed by atoms with Crippen molar-refractivity contribution in [2.45, 2.75) is 6.10 Å². The molecular formula is C8H12N4O3S. The number of anilines is 1. The monoisotopic (exact) mass is 244 g/mol. The molecule has 0 amide bonds. The molecule has 1 saturated heterocycles. The van der Waals surface area contributed by atoms with Gasteiger partial charge in [-0.25, -0.2) is 4.98 Å². The first kappa shape index (κ1) is 11.2. The van der Waals surface area contributed by atoms with Crippen molar-refractivity contribution >= 4 is 21.5 Å². The number of thiazole rings is 1. The van der Waals surface area contributed by atoms with E-state index >= 15 is 0 Å². The average molecular weight is 244 g/mol. The molecule has 1 aromatic rings. The van der Waals surface area contributed by atoms with E-state index in [1.54, 1.807) is 0 Å². The lowest BCUT2D eigenvalue weighted by molar-refractivity contribution is -0.380. The number of hydrogen-bond acceptors (Lipinski definition) is 7. The summed E-state index contributed by atoms with van der Waals surface area (Å²) in [6.45, 7) is 2.97. The summed E-state index contributed by atoms with van der Waals surface area (Å²) >= 11 is 1.03.